The maximum Gasteiger partial charge on any atom is 0.195 e. The van der Waals surface area contributed by atoms with Crippen LogP contribution < -0.4 is 5.73 Å². The Labute approximate surface area is 105 Å². The Morgan fingerprint density at radius 1 is 1.35 bits per heavy atom. The molecule has 4 nitrogen and oxygen atoms in total. The predicted molar refractivity (Wildman–Crippen MR) is 68.8 cm³/mol. The van der Waals surface area contributed by atoms with Gasteiger partial charge >= 0.3 is 0 Å². The topological polar surface area (TPSA) is 56.7 Å². The minimum Gasteiger partial charge on any atom is -0.324 e. The van der Waals surface area contributed by atoms with Gasteiger partial charge in [0.1, 0.15) is 6.33 Å². The average molecular weight is 248 g/mol. The first-order valence-electron chi connectivity index (χ1n) is 5.58. The van der Waals surface area contributed by atoms with E-state index < -0.39 is 0 Å². The van der Waals surface area contributed by atoms with Crippen molar-refractivity contribution in [2.45, 2.75) is 29.4 Å². The van der Waals surface area contributed by atoms with Gasteiger partial charge in [-0.3, -0.25) is 0 Å². The third kappa shape index (κ3) is 2.87. The molecule has 0 spiro atoms. The molecule has 2 N–H and O–H groups in total. The number of aromatic nitrogens is 3. The van der Waals surface area contributed by atoms with Crippen LogP contribution in [0.1, 0.15) is 24.9 Å². The summed E-state index contributed by atoms with van der Waals surface area (Å²) in [5.74, 6) is 0. The summed E-state index contributed by atoms with van der Waals surface area (Å²) in [7, 11) is 1.93. The van der Waals surface area contributed by atoms with Gasteiger partial charge in [-0.1, -0.05) is 19.1 Å². The van der Waals surface area contributed by atoms with E-state index in [1.807, 2.05) is 11.6 Å². The molecule has 2 rings (SSSR count). The molecule has 0 aliphatic rings. The molecule has 0 aliphatic carbocycles. The molecule has 1 heterocycles. The van der Waals surface area contributed by atoms with E-state index in [0.717, 1.165) is 16.5 Å². The summed E-state index contributed by atoms with van der Waals surface area (Å²) in [5.41, 5.74) is 7.15. The summed E-state index contributed by atoms with van der Waals surface area (Å²) in [6.07, 6.45) is 2.65. The van der Waals surface area contributed by atoms with Crippen molar-refractivity contribution in [2.24, 2.45) is 12.8 Å². The molecule has 0 aliphatic heterocycles. The lowest BCUT2D eigenvalue weighted by Crippen LogP contribution is -2.07. The second-order valence-electron chi connectivity index (χ2n) is 3.91. The maximum absolute atomic E-state index is 5.97. The highest BCUT2D eigenvalue weighted by molar-refractivity contribution is 7.99. The number of rotatable bonds is 4. The summed E-state index contributed by atoms with van der Waals surface area (Å²) in [6.45, 7) is 2.09. The SMILES string of the molecule is CC[C@H](N)c1ccc(Sc2nncn2C)cc1. The molecule has 0 fully saturated rings. The first-order chi connectivity index (χ1) is 8.20. The van der Waals surface area contributed by atoms with Crippen molar-refractivity contribution in [3.05, 3.63) is 36.2 Å². The number of benzene rings is 1. The van der Waals surface area contributed by atoms with Gasteiger partial charge in [-0.15, -0.1) is 10.2 Å². The van der Waals surface area contributed by atoms with Gasteiger partial charge in [0, 0.05) is 18.0 Å². The van der Waals surface area contributed by atoms with Crippen LogP contribution in [0.4, 0.5) is 0 Å². The van der Waals surface area contributed by atoms with Crippen LogP contribution in [-0.2, 0) is 7.05 Å². The van der Waals surface area contributed by atoms with E-state index in [9.17, 15) is 0 Å². The molecule has 17 heavy (non-hydrogen) atoms. The molecule has 0 radical (unpaired) electrons. The second kappa shape index (κ2) is 5.33. The Bertz CT molecular complexity index is 478. The Morgan fingerprint density at radius 2 is 2.06 bits per heavy atom. The van der Waals surface area contributed by atoms with E-state index in [-0.39, 0.29) is 6.04 Å². The molecule has 1 atom stereocenters. The first-order valence-corrected chi connectivity index (χ1v) is 6.39. The molecule has 2 aromatic rings. The Hall–Kier alpha value is -1.33. The minimum absolute atomic E-state index is 0.129. The number of aryl methyl sites for hydroxylation is 1. The van der Waals surface area contributed by atoms with Gasteiger partial charge < -0.3 is 10.3 Å². The van der Waals surface area contributed by atoms with E-state index in [0.29, 0.717) is 0 Å². The van der Waals surface area contributed by atoms with Crippen LogP contribution in [0.15, 0.2) is 40.6 Å². The van der Waals surface area contributed by atoms with Gasteiger partial charge in [-0.05, 0) is 35.9 Å². The second-order valence-corrected chi connectivity index (χ2v) is 4.95. The van der Waals surface area contributed by atoms with E-state index in [2.05, 4.69) is 41.4 Å². The largest absolute Gasteiger partial charge is 0.324 e. The van der Waals surface area contributed by atoms with Crippen LogP contribution in [0, 0.1) is 0 Å². The van der Waals surface area contributed by atoms with Gasteiger partial charge in [-0.2, -0.15) is 0 Å². The van der Waals surface area contributed by atoms with Crippen LogP contribution in [0.3, 0.4) is 0 Å². The van der Waals surface area contributed by atoms with E-state index >= 15 is 0 Å². The molecule has 90 valence electrons. The molecular weight excluding hydrogens is 232 g/mol. The highest BCUT2D eigenvalue weighted by atomic mass is 32.2. The van der Waals surface area contributed by atoms with Crippen molar-refractivity contribution in [2.75, 3.05) is 0 Å². The Kier molecular flexibility index (Phi) is 3.81. The minimum atomic E-state index is 0.129. The Balaban J connectivity index is 2.11. The van der Waals surface area contributed by atoms with E-state index in [4.69, 9.17) is 5.73 Å². The monoisotopic (exact) mass is 248 g/mol. The normalized spacial score (nSPS) is 12.6. The number of hydrogen-bond donors (Lipinski definition) is 1. The molecular formula is C12H16N4S. The van der Waals surface area contributed by atoms with Crippen molar-refractivity contribution in [3.8, 4) is 0 Å². The first kappa shape index (κ1) is 12.1. The fraction of sp³-hybridized carbons (Fsp3) is 0.333. The lowest BCUT2D eigenvalue weighted by atomic mass is 10.1. The van der Waals surface area contributed by atoms with E-state index in [1.54, 1.807) is 18.1 Å². The highest BCUT2D eigenvalue weighted by Gasteiger charge is 2.05. The molecule has 0 saturated heterocycles. The smallest absolute Gasteiger partial charge is 0.195 e. The molecule has 0 saturated carbocycles. The molecule has 1 aromatic heterocycles. The summed E-state index contributed by atoms with van der Waals surface area (Å²) >= 11 is 1.60. The molecule has 0 bridgehead atoms. The zero-order chi connectivity index (χ0) is 12.3. The van der Waals surface area contributed by atoms with Crippen molar-refractivity contribution in [3.63, 3.8) is 0 Å². The zero-order valence-corrected chi connectivity index (χ0v) is 10.8. The predicted octanol–water partition coefficient (Wildman–Crippen LogP) is 2.38. The maximum atomic E-state index is 5.97. The molecule has 0 amide bonds. The van der Waals surface area contributed by atoms with Gasteiger partial charge in [0.05, 0.1) is 0 Å². The fourth-order valence-corrected chi connectivity index (χ4v) is 2.25. The third-order valence-electron chi connectivity index (χ3n) is 2.63. The molecule has 5 heteroatoms. The lowest BCUT2D eigenvalue weighted by molar-refractivity contribution is 0.698. The zero-order valence-electron chi connectivity index (χ0n) is 10.00. The van der Waals surface area contributed by atoms with Gasteiger partial charge in [0.25, 0.3) is 0 Å². The molecule has 1 aromatic carbocycles. The summed E-state index contributed by atoms with van der Waals surface area (Å²) < 4.78 is 1.90. The number of hydrogen-bond acceptors (Lipinski definition) is 4. The Morgan fingerprint density at radius 3 is 2.59 bits per heavy atom. The van der Waals surface area contributed by atoms with Gasteiger partial charge in [0.2, 0.25) is 0 Å². The summed E-state index contributed by atoms with van der Waals surface area (Å²) in [4.78, 5) is 1.15. The standard InChI is InChI=1S/C12H16N4S/c1-3-11(13)9-4-6-10(7-5-9)17-12-15-14-8-16(12)2/h4-8,11H,3,13H2,1-2H3/t11-/m0/s1. The lowest BCUT2D eigenvalue weighted by Gasteiger charge is -2.09. The van der Waals surface area contributed by atoms with Gasteiger partial charge in [-0.25, -0.2) is 0 Å². The van der Waals surface area contributed by atoms with Crippen LogP contribution in [0.25, 0.3) is 0 Å². The molecule has 0 unspecified atom stereocenters. The van der Waals surface area contributed by atoms with Crippen LogP contribution in [0.2, 0.25) is 0 Å². The number of nitrogens with zero attached hydrogens (tertiary/aromatic N) is 3. The average Bonchev–Trinajstić information content (AvgIpc) is 2.75. The van der Waals surface area contributed by atoms with Crippen LogP contribution in [-0.4, -0.2) is 14.8 Å². The quantitative estimate of drug-likeness (QED) is 0.902. The van der Waals surface area contributed by atoms with Crippen LogP contribution in [0.5, 0.6) is 0 Å². The van der Waals surface area contributed by atoms with Crippen LogP contribution >= 0.6 is 11.8 Å². The van der Waals surface area contributed by atoms with Crippen molar-refractivity contribution in [1.82, 2.24) is 14.8 Å². The third-order valence-corrected chi connectivity index (χ3v) is 3.69. The van der Waals surface area contributed by atoms with E-state index in [1.165, 1.54) is 5.56 Å². The number of nitrogens with two attached hydrogens (primary N) is 1. The van der Waals surface area contributed by atoms with Crippen molar-refractivity contribution in [1.29, 1.82) is 0 Å². The fourth-order valence-electron chi connectivity index (χ4n) is 1.49. The van der Waals surface area contributed by atoms with Gasteiger partial charge in [0.15, 0.2) is 5.16 Å². The van der Waals surface area contributed by atoms with Crippen molar-refractivity contribution < 1.29 is 0 Å². The summed E-state index contributed by atoms with van der Waals surface area (Å²) in [5, 5.41) is 8.77. The van der Waals surface area contributed by atoms with Crippen molar-refractivity contribution >= 4 is 11.8 Å². The summed E-state index contributed by atoms with van der Waals surface area (Å²) in [6, 6.07) is 8.43. The highest BCUT2D eigenvalue weighted by Crippen LogP contribution is 2.26.